The molecule has 0 radical (unpaired) electrons. The molecule has 8 nitrogen and oxygen atoms in total. The highest BCUT2D eigenvalue weighted by Gasteiger charge is 2.21. The van der Waals surface area contributed by atoms with Gasteiger partial charge in [0.15, 0.2) is 5.52 Å². The van der Waals surface area contributed by atoms with E-state index in [1.54, 1.807) is 18.2 Å². The quantitative estimate of drug-likeness (QED) is 0.716. The van der Waals surface area contributed by atoms with Gasteiger partial charge in [-0.15, -0.1) is 0 Å². The molecule has 1 fully saturated rings. The minimum absolute atomic E-state index is 0.0721. The Bertz CT molecular complexity index is 1040. The third-order valence-corrected chi connectivity index (χ3v) is 4.22. The fourth-order valence-corrected chi connectivity index (χ4v) is 2.89. The molecule has 9 heteroatoms. The molecule has 4 rings (SSSR count). The summed E-state index contributed by atoms with van der Waals surface area (Å²) in [7, 11) is 0. The second kappa shape index (κ2) is 6.76. The number of carbonyl (C=O) groups is 1. The summed E-state index contributed by atoms with van der Waals surface area (Å²) < 4.78 is 25.3. The lowest BCUT2D eigenvalue weighted by atomic mass is 10.1. The number of halogens is 1. The number of pyridine rings is 1. The number of nitrogens with zero attached hydrogens (tertiary/aromatic N) is 3. The molecule has 0 spiro atoms. The monoisotopic (exact) mass is 369 g/mol. The van der Waals surface area contributed by atoms with Gasteiger partial charge >= 0.3 is 0 Å². The van der Waals surface area contributed by atoms with Crippen LogP contribution < -0.4 is 16.2 Å². The van der Waals surface area contributed by atoms with Gasteiger partial charge in [-0.1, -0.05) is 6.07 Å². The molecule has 27 heavy (non-hydrogen) atoms. The van der Waals surface area contributed by atoms with E-state index >= 15 is 0 Å². The molecule has 3 aromatic rings. The van der Waals surface area contributed by atoms with E-state index < -0.39 is 11.7 Å². The largest absolute Gasteiger partial charge is 0.470 e. The maximum Gasteiger partial charge on any atom is 0.251 e. The zero-order valence-electron chi connectivity index (χ0n) is 14.2. The van der Waals surface area contributed by atoms with Gasteiger partial charge in [-0.05, 0) is 24.3 Å². The lowest BCUT2D eigenvalue weighted by Gasteiger charge is -2.13. The van der Waals surface area contributed by atoms with Crippen molar-refractivity contribution in [2.75, 3.05) is 18.9 Å². The first-order valence-corrected chi connectivity index (χ1v) is 8.29. The number of nitrogens with two attached hydrogens (primary N) is 2. The molecule has 4 N–H and O–H groups in total. The molecule has 1 saturated heterocycles. The van der Waals surface area contributed by atoms with Crippen LogP contribution in [0.2, 0.25) is 0 Å². The first kappa shape index (κ1) is 17.1. The number of aromatic nitrogens is 3. The van der Waals surface area contributed by atoms with Crippen molar-refractivity contribution in [2.45, 2.75) is 12.5 Å². The predicted octanol–water partition coefficient (Wildman–Crippen LogP) is 1.68. The van der Waals surface area contributed by atoms with E-state index in [4.69, 9.17) is 20.9 Å². The first-order chi connectivity index (χ1) is 13.0. The van der Waals surface area contributed by atoms with Crippen molar-refractivity contribution in [3.63, 3.8) is 0 Å². The van der Waals surface area contributed by atoms with Crippen molar-refractivity contribution < 1.29 is 18.7 Å². The Hall–Kier alpha value is -3.33. The zero-order chi connectivity index (χ0) is 19.0. The van der Waals surface area contributed by atoms with Crippen LogP contribution in [0.25, 0.3) is 22.3 Å². The topological polar surface area (TPSA) is 126 Å². The fraction of sp³-hybridized carbons (Fsp3) is 0.222. The lowest BCUT2D eigenvalue weighted by Crippen LogP contribution is -2.17. The van der Waals surface area contributed by atoms with Crippen molar-refractivity contribution in [2.24, 2.45) is 5.73 Å². The molecular formula is C18H16FN5O3. The SMILES string of the molecule is NC(=O)c1ccc(-c2ccc3nc(N)nc(OC4CCOC4)c3n2)cc1F. The van der Waals surface area contributed by atoms with Gasteiger partial charge in [0.1, 0.15) is 11.9 Å². The number of fused-ring (bicyclic) bond motifs is 1. The standard InChI is InChI=1S/C18H16FN5O3/c19-12-7-9(1-2-11(12)16(20)25)13-3-4-14-15(22-13)17(24-18(21)23-14)27-10-5-6-26-8-10/h1-4,7,10H,5-6,8H2,(H2,20,25)(H2,21,23,24). The highest BCUT2D eigenvalue weighted by molar-refractivity contribution is 5.93. The Morgan fingerprint density at radius 2 is 2.07 bits per heavy atom. The van der Waals surface area contributed by atoms with E-state index in [-0.39, 0.29) is 23.5 Å². The van der Waals surface area contributed by atoms with Crippen LogP contribution in [0.15, 0.2) is 30.3 Å². The molecule has 3 heterocycles. The molecule has 2 aromatic heterocycles. The number of hydrogen-bond acceptors (Lipinski definition) is 7. The van der Waals surface area contributed by atoms with Crippen LogP contribution in [-0.2, 0) is 4.74 Å². The Morgan fingerprint density at radius 3 is 2.78 bits per heavy atom. The molecule has 1 unspecified atom stereocenters. The Balaban J connectivity index is 1.77. The molecule has 1 aromatic carbocycles. The molecule has 1 aliphatic heterocycles. The maximum atomic E-state index is 14.1. The third-order valence-electron chi connectivity index (χ3n) is 4.22. The summed E-state index contributed by atoms with van der Waals surface area (Å²) in [4.78, 5) is 24.0. The van der Waals surface area contributed by atoms with Gasteiger partial charge in [0, 0.05) is 12.0 Å². The number of carbonyl (C=O) groups excluding carboxylic acids is 1. The second-order valence-electron chi connectivity index (χ2n) is 6.11. The number of primary amides is 1. The predicted molar refractivity (Wildman–Crippen MR) is 95.5 cm³/mol. The zero-order valence-corrected chi connectivity index (χ0v) is 14.2. The van der Waals surface area contributed by atoms with Crippen LogP contribution in [-0.4, -0.2) is 40.2 Å². The summed E-state index contributed by atoms with van der Waals surface area (Å²) in [5.41, 5.74) is 12.6. The number of nitrogen functional groups attached to an aromatic ring is 1. The van der Waals surface area contributed by atoms with E-state index in [9.17, 15) is 9.18 Å². The minimum Gasteiger partial charge on any atom is -0.470 e. The Morgan fingerprint density at radius 1 is 1.22 bits per heavy atom. The molecule has 1 amide bonds. The normalized spacial score (nSPS) is 16.6. The average molecular weight is 369 g/mol. The highest BCUT2D eigenvalue weighted by Crippen LogP contribution is 2.28. The van der Waals surface area contributed by atoms with E-state index in [0.29, 0.717) is 35.5 Å². The van der Waals surface area contributed by atoms with E-state index in [1.807, 2.05) is 0 Å². The van der Waals surface area contributed by atoms with Gasteiger partial charge in [-0.3, -0.25) is 4.79 Å². The van der Waals surface area contributed by atoms with Gasteiger partial charge in [-0.2, -0.15) is 4.98 Å². The third kappa shape index (κ3) is 3.36. The van der Waals surface area contributed by atoms with Gasteiger partial charge in [-0.25, -0.2) is 14.4 Å². The smallest absolute Gasteiger partial charge is 0.251 e. The highest BCUT2D eigenvalue weighted by atomic mass is 19.1. The first-order valence-electron chi connectivity index (χ1n) is 8.29. The van der Waals surface area contributed by atoms with Crippen LogP contribution in [0.4, 0.5) is 10.3 Å². The fourth-order valence-electron chi connectivity index (χ4n) is 2.89. The molecule has 1 atom stereocenters. The number of anilines is 1. The Labute approximate surface area is 153 Å². The van der Waals surface area contributed by atoms with E-state index in [0.717, 1.165) is 6.42 Å². The van der Waals surface area contributed by atoms with Gasteiger partial charge < -0.3 is 20.9 Å². The Kier molecular flexibility index (Phi) is 4.28. The van der Waals surface area contributed by atoms with Crippen LogP contribution in [0.1, 0.15) is 16.8 Å². The van der Waals surface area contributed by atoms with Crippen LogP contribution in [0.5, 0.6) is 5.88 Å². The molecule has 138 valence electrons. The maximum absolute atomic E-state index is 14.1. The number of hydrogen-bond donors (Lipinski definition) is 2. The average Bonchev–Trinajstić information content (AvgIpc) is 3.14. The minimum atomic E-state index is -0.830. The summed E-state index contributed by atoms with van der Waals surface area (Å²) >= 11 is 0. The van der Waals surface area contributed by atoms with Crippen molar-refractivity contribution in [3.8, 4) is 17.1 Å². The summed E-state index contributed by atoms with van der Waals surface area (Å²) in [6.45, 7) is 1.08. The molecule has 0 aliphatic carbocycles. The van der Waals surface area contributed by atoms with Gasteiger partial charge in [0.05, 0.1) is 30.0 Å². The van der Waals surface area contributed by atoms with Crippen LogP contribution in [0, 0.1) is 5.82 Å². The molecule has 0 bridgehead atoms. The lowest BCUT2D eigenvalue weighted by molar-refractivity contribution is 0.0996. The number of rotatable bonds is 4. The van der Waals surface area contributed by atoms with Crippen molar-refractivity contribution >= 4 is 22.9 Å². The summed E-state index contributed by atoms with van der Waals surface area (Å²) in [6.07, 6.45) is 0.602. The van der Waals surface area contributed by atoms with Crippen LogP contribution in [0.3, 0.4) is 0 Å². The van der Waals surface area contributed by atoms with Gasteiger partial charge in [0.2, 0.25) is 11.8 Å². The van der Waals surface area contributed by atoms with Crippen molar-refractivity contribution in [1.29, 1.82) is 0 Å². The molecular weight excluding hydrogens is 353 g/mol. The molecule has 1 aliphatic rings. The van der Waals surface area contributed by atoms with Gasteiger partial charge in [0.25, 0.3) is 5.91 Å². The van der Waals surface area contributed by atoms with E-state index in [2.05, 4.69) is 15.0 Å². The van der Waals surface area contributed by atoms with Crippen molar-refractivity contribution in [1.82, 2.24) is 15.0 Å². The summed E-state index contributed by atoms with van der Waals surface area (Å²) in [5, 5.41) is 0. The number of benzene rings is 1. The number of amides is 1. The number of ether oxygens (including phenoxy) is 2. The second-order valence-corrected chi connectivity index (χ2v) is 6.11. The summed E-state index contributed by atoms with van der Waals surface area (Å²) in [5.74, 6) is -1.22. The van der Waals surface area contributed by atoms with Crippen molar-refractivity contribution in [3.05, 3.63) is 41.7 Å². The summed E-state index contributed by atoms with van der Waals surface area (Å²) in [6, 6.07) is 7.48. The van der Waals surface area contributed by atoms with E-state index in [1.165, 1.54) is 12.1 Å². The van der Waals surface area contributed by atoms with Crippen LogP contribution >= 0.6 is 0 Å². The molecule has 0 saturated carbocycles.